The van der Waals surface area contributed by atoms with Gasteiger partial charge in [-0.1, -0.05) is 19.9 Å². The van der Waals surface area contributed by atoms with E-state index in [1.807, 2.05) is 24.0 Å². The van der Waals surface area contributed by atoms with Gasteiger partial charge in [0.1, 0.15) is 0 Å². The van der Waals surface area contributed by atoms with Gasteiger partial charge in [0.2, 0.25) is 0 Å². The summed E-state index contributed by atoms with van der Waals surface area (Å²) >= 11 is 0. The fourth-order valence-corrected chi connectivity index (χ4v) is 3.13. The van der Waals surface area contributed by atoms with Crippen molar-refractivity contribution < 1.29 is 9.53 Å². The quantitative estimate of drug-likeness (QED) is 0.846. The number of benzene rings is 1. The van der Waals surface area contributed by atoms with Crippen molar-refractivity contribution >= 4 is 11.6 Å². The molecular formula is C17H26N2O2. The highest BCUT2D eigenvalue weighted by Gasteiger charge is 2.37. The van der Waals surface area contributed by atoms with Gasteiger partial charge in [0.25, 0.3) is 5.91 Å². The third kappa shape index (κ3) is 2.99. The average molecular weight is 290 g/mol. The second-order valence-corrected chi connectivity index (χ2v) is 5.84. The summed E-state index contributed by atoms with van der Waals surface area (Å²) in [5.74, 6) is 0.560. The van der Waals surface area contributed by atoms with E-state index < -0.39 is 0 Å². The monoisotopic (exact) mass is 290 g/mol. The van der Waals surface area contributed by atoms with Crippen molar-refractivity contribution in [1.82, 2.24) is 4.90 Å². The van der Waals surface area contributed by atoms with Gasteiger partial charge in [-0.2, -0.15) is 0 Å². The van der Waals surface area contributed by atoms with Gasteiger partial charge in [-0.15, -0.1) is 0 Å². The first-order chi connectivity index (χ1) is 10.1. The predicted octanol–water partition coefficient (Wildman–Crippen LogP) is 3.32. The maximum Gasteiger partial charge on any atom is 0.257 e. The van der Waals surface area contributed by atoms with Gasteiger partial charge < -0.3 is 15.4 Å². The smallest absolute Gasteiger partial charge is 0.257 e. The maximum atomic E-state index is 12.8. The number of amides is 1. The summed E-state index contributed by atoms with van der Waals surface area (Å²) in [4.78, 5) is 14.8. The molecule has 0 radical (unpaired) electrons. The van der Waals surface area contributed by atoms with E-state index in [9.17, 15) is 4.79 Å². The Hall–Kier alpha value is -1.71. The van der Waals surface area contributed by atoms with E-state index in [2.05, 4.69) is 13.8 Å². The van der Waals surface area contributed by atoms with Crippen LogP contribution in [0, 0.1) is 5.41 Å². The topological polar surface area (TPSA) is 55.6 Å². The van der Waals surface area contributed by atoms with Crippen LogP contribution in [0.25, 0.3) is 0 Å². The minimum absolute atomic E-state index is 0.0366. The predicted molar refractivity (Wildman–Crippen MR) is 85.6 cm³/mol. The van der Waals surface area contributed by atoms with Crippen LogP contribution in [0.1, 0.15) is 50.4 Å². The number of hydrogen-bond donors (Lipinski definition) is 1. The molecule has 0 atom stereocenters. The lowest BCUT2D eigenvalue weighted by molar-refractivity contribution is 0.0766. The number of carbonyl (C=O) groups is 1. The summed E-state index contributed by atoms with van der Waals surface area (Å²) < 4.78 is 5.58. The van der Waals surface area contributed by atoms with E-state index in [4.69, 9.17) is 10.5 Å². The molecule has 0 saturated carbocycles. The molecule has 1 aromatic carbocycles. The number of ether oxygens (including phenoxy) is 1. The van der Waals surface area contributed by atoms with Crippen molar-refractivity contribution in [2.24, 2.45) is 5.41 Å². The zero-order valence-corrected chi connectivity index (χ0v) is 13.3. The van der Waals surface area contributed by atoms with Crippen LogP contribution in [0.5, 0.6) is 5.75 Å². The Balaban J connectivity index is 2.24. The summed E-state index contributed by atoms with van der Waals surface area (Å²) in [7, 11) is 0. The summed E-state index contributed by atoms with van der Waals surface area (Å²) in [6.07, 6.45) is 3.31. The van der Waals surface area contributed by atoms with Gasteiger partial charge in [-0.05, 0) is 43.7 Å². The molecule has 1 heterocycles. The van der Waals surface area contributed by atoms with Crippen molar-refractivity contribution in [3.63, 3.8) is 0 Å². The van der Waals surface area contributed by atoms with Crippen molar-refractivity contribution in [2.45, 2.75) is 40.0 Å². The van der Waals surface area contributed by atoms with Crippen LogP contribution in [0.2, 0.25) is 0 Å². The molecule has 116 valence electrons. The van der Waals surface area contributed by atoms with Crippen LogP contribution in [0.3, 0.4) is 0 Å². The van der Waals surface area contributed by atoms with E-state index in [1.165, 1.54) is 0 Å². The van der Waals surface area contributed by atoms with Gasteiger partial charge in [0.05, 0.1) is 17.9 Å². The molecule has 0 aromatic heterocycles. The van der Waals surface area contributed by atoms with E-state index >= 15 is 0 Å². The number of rotatable bonds is 5. The number of hydrogen-bond acceptors (Lipinski definition) is 3. The molecule has 0 bridgehead atoms. The first-order valence-electron chi connectivity index (χ1n) is 7.87. The Bertz CT molecular complexity index is 510. The normalized spacial score (nSPS) is 17.0. The van der Waals surface area contributed by atoms with Gasteiger partial charge in [-0.25, -0.2) is 0 Å². The number of nitrogen functional groups attached to an aromatic ring is 1. The second-order valence-electron chi connectivity index (χ2n) is 5.84. The first-order valence-corrected chi connectivity index (χ1v) is 7.87. The highest BCUT2D eigenvalue weighted by molar-refractivity contribution is 5.98. The Kier molecular flexibility index (Phi) is 4.76. The molecule has 2 rings (SSSR count). The molecule has 1 aromatic rings. The zero-order valence-electron chi connectivity index (χ0n) is 13.3. The molecule has 1 amide bonds. The summed E-state index contributed by atoms with van der Waals surface area (Å²) in [5, 5.41) is 0. The van der Waals surface area contributed by atoms with Gasteiger partial charge in [-0.3, -0.25) is 4.79 Å². The largest absolute Gasteiger partial charge is 0.491 e. The van der Waals surface area contributed by atoms with Crippen molar-refractivity contribution in [1.29, 1.82) is 0 Å². The SMILES string of the molecule is CCOc1c(N)cccc1C(=O)N1CCC(CC)(CC)C1. The van der Waals surface area contributed by atoms with E-state index in [0.29, 0.717) is 23.6 Å². The van der Waals surface area contributed by atoms with Crippen LogP contribution in [-0.2, 0) is 0 Å². The second kappa shape index (κ2) is 6.37. The number of para-hydroxylation sites is 1. The molecule has 1 aliphatic heterocycles. The maximum absolute atomic E-state index is 12.8. The van der Waals surface area contributed by atoms with Gasteiger partial charge in [0.15, 0.2) is 5.75 Å². The van der Waals surface area contributed by atoms with Crippen LogP contribution < -0.4 is 10.5 Å². The van der Waals surface area contributed by atoms with E-state index in [-0.39, 0.29) is 11.3 Å². The third-order valence-electron chi connectivity index (χ3n) is 4.79. The Morgan fingerprint density at radius 1 is 1.33 bits per heavy atom. The van der Waals surface area contributed by atoms with Crippen LogP contribution in [0.4, 0.5) is 5.69 Å². The molecule has 4 nitrogen and oxygen atoms in total. The van der Waals surface area contributed by atoms with Crippen LogP contribution in [-0.4, -0.2) is 30.5 Å². The number of nitrogens with two attached hydrogens (primary N) is 1. The summed E-state index contributed by atoms with van der Waals surface area (Å²) in [5.41, 5.74) is 7.34. The molecule has 21 heavy (non-hydrogen) atoms. The van der Waals surface area contributed by atoms with E-state index in [1.54, 1.807) is 6.07 Å². The average Bonchev–Trinajstić information content (AvgIpc) is 2.94. The van der Waals surface area contributed by atoms with Crippen LogP contribution >= 0.6 is 0 Å². The molecule has 1 saturated heterocycles. The van der Waals surface area contributed by atoms with Crippen molar-refractivity contribution in [3.05, 3.63) is 23.8 Å². The van der Waals surface area contributed by atoms with Gasteiger partial charge in [0, 0.05) is 13.1 Å². The molecule has 1 fully saturated rings. The zero-order chi connectivity index (χ0) is 15.5. The molecule has 2 N–H and O–H groups in total. The summed E-state index contributed by atoms with van der Waals surface area (Å²) in [6, 6.07) is 5.39. The van der Waals surface area contributed by atoms with Crippen LogP contribution in [0.15, 0.2) is 18.2 Å². The highest BCUT2D eigenvalue weighted by atomic mass is 16.5. The third-order valence-corrected chi connectivity index (χ3v) is 4.79. The molecule has 4 heteroatoms. The van der Waals surface area contributed by atoms with Crippen molar-refractivity contribution in [3.8, 4) is 5.75 Å². The van der Waals surface area contributed by atoms with Gasteiger partial charge >= 0.3 is 0 Å². The van der Waals surface area contributed by atoms with E-state index in [0.717, 1.165) is 32.4 Å². The fourth-order valence-electron chi connectivity index (χ4n) is 3.13. The fraction of sp³-hybridized carbons (Fsp3) is 0.588. The van der Waals surface area contributed by atoms with Crippen molar-refractivity contribution in [2.75, 3.05) is 25.4 Å². The first kappa shape index (κ1) is 15.7. The molecule has 0 spiro atoms. The Morgan fingerprint density at radius 2 is 2.05 bits per heavy atom. The molecule has 0 unspecified atom stereocenters. The highest BCUT2D eigenvalue weighted by Crippen LogP contribution is 2.38. The Labute approximate surface area is 127 Å². The Morgan fingerprint density at radius 3 is 2.62 bits per heavy atom. The lowest BCUT2D eigenvalue weighted by atomic mass is 9.82. The molecule has 1 aliphatic rings. The lowest BCUT2D eigenvalue weighted by Crippen LogP contribution is -2.32. The molecular weight excluding hydrogens is 264 g/mol. The standard InChI is InChI=1S/C17H26N2O2/c1-4-17(5-2)10-11-19(12-17)16(20)13-8-7-9-14(18)15(13)21-6-3/h7-9H,4-6,10-12,18H2,1-3H3. The minimum Gasteiger partial charge on any atom is -0.491 e. The summed E-state index contributed by atoms with van der Waals surface area (Å²) in [6.45, 7) is 8.48. The number of carbonyl (C=O) groups excluding carboxylic acids is 1. The number of anilines is 1. The molecule has 0 aliphatic carbocycles. The minimum atomic E-state index is 0.0366. The number of likely N-dealkylation sites (tertiary alicyclic amines) is 1. The lowest BCUT2D eigenvalue weighted by Gasteiger charge is -2.26. The number of nitrogens with zero attached hydrogens (tertiary/aromatic N) is 1.